The second kappa shape index (κ2) is 8.03. The molecule has 1 aromatic rings. The van der Waals surface area contributed by atoms with Crippen LogP contribution in [-0.2, 0) is 0 Å². The lowest BCUT2D eigenvalue weighted by molar-refractivity contribution is 0.0950. The maximum atomic E-state index is 12.1. The van der Waals surface area contributed by atoms with Gasteiger partial charge in [-0.3, -0.25) is 4.79 Å². The summed E-state index contributed by atoms with van der Waals surface area (Å²) in [6.45, 7) is 8.17. The summed E-state index contributed by atoms with van der Waals surface area (Å²) < 4.78 is 0. The first kappa shape index (κ1) is 15.8. The topological polar surface area (TPSA) is 44.4 Å². The van der Waals surface area contributed by atoms with Gasteiger partial charge in [0.05, 0.1) is 0 Å². The van der Waals surface area contributed by atoms with E-state index in [0.717, 1.165) is 44.6 Å². The highest BCUT2D eigenvalue weighted by Gasteiger charge is 2.15. The molecule has 0 radical (unpaired) electrons. The molecule has 0 saturated carbocycles. The lowest BCUT2D eigenvalue weighted by Crippen LogP contribution is -2.37. The zero-order valence-corrected chi connectivity index (χ0v) is 13.2. The van der Waals surface area contributed by atoms with Gasteiger partial charge in [-0.05, 0) is 57.0 Å². The van der Waals surface area contributed by atoms with Crippen molar-refractivity contribution in [1.29, 1.82) is 0 Å². The molecule has 1 amide bonds. The molecule has 1 aliphatic heterocycles. The summed E-state index contributed by atoms with van der Waals surface area (Å²) in [5.74, 6) is 0.0220. The van der Waals surface area contributed by atoms with Gasteiger partial charge in [-0.25, -0.2) is 0 Å². The Morgan fingerprint density at radius 3 is 2.67 bits per heavy atom. The molecule has 4 nitrogen and oxygen atoms in total. The second-order valence-electron chi connectivity index (χ2n) is 5.63. The Hall–Kier alpha value is -1.55. The maximum Gasteiger partial charge on any atom is 0.251 e. The normalized spacial score (nSPS) is 17.7. The molecule has 1 atom stereocenters. The van der Waals surface area contributed by atoms with Crippen LogP contribution in [0.1, 0.15) is 43.5 Å². The van der Waals surface area contributed by atoms with E-state index in [9.17, 15) is 4.79 Å². The molecule has 4 heteroatoms. The Balaban J connectivity index is 1.89. The molecule has 2 rings (SSSR count). The first-order valence-corrected chi connectivity index (χ1v) is 8.11. The van der Waals surface area contributed by atoms with Crippen LogP contribution in [-0.4, -0.2) is 38.1 Å². The van der Waals surface area contributed by atoms with E-state index in [4.69, 9.17) is 0 Å². The average molecular weight is 289 g/mol. The van der Waals surface area contributed by atoms with Crippen LogP contribution in [0.2, 0.25) is 0 Å². The number of hydrogen-bond acceptors (Lipinski definition) is 3. The zero-order chi connectivity index (χ0) is 15.1. The number of amides is 1. The van der Waals surface area contributed by atoms with Gasteiger partial charge in [-0.2, -0.15) is 0 Å². The summed E-state index contributed by atoms with van der Waals surface area (Å²) in [6.07, 6.45) is 3.49. The van der Waals surface area contributed by atoms with Crippen molar-refractivity contribution in [2.45, 2.75) is 39.2 Å². The summed E-state index contributed by atoms with van der Waals surface area (Å²) in [7, 11) is 0. The number of hydrogen-bond donors (Lipinski definition) is 2. The highest BCUT2D eigenvalue weighted by atomic mass is 16.1. The third kappa shape index (κ3) is 4.46. The molecule has 1 heterocycles. The van der Waals surface area contributed by atoms with Crippen LogP contribution in [0.4, 0.5) is 5.69 Å². The van der Waals surface area contributed by atoms with Crippen molar-refractivity contribution in [2.24, 2.45) is 0 Å². The van der Waals surface area contributed by atoms with Crippen LogP contribution in [0.25, 0.3) is 0 Å². The molecule has 1 aliphatic rings. The van der Waals surface area contributed by atoms with Gasteiger partial charge in [0, 0.05) is 36.9 Å². The standard InChI is InChI=1S/C17H27N3O/c1-3-12-20(4-2)16-9-7-14(8-10-16)17(21)19-13-15-6-5-11-18-15/h7-10,15,18H,3-6,11-13H2,1-2H3,(H,19,21). The van der Waals surface area contributed by atoms with Crippen LogP contribution in [0.5, 0.6) is 0 Å². The van der Waals surface area contributed by atoms with E-state index < -0.39 is 0 Å². The van der Waals surface area contributed by atoms with Gasteiger partial charge in [-0.15, -0.1) is 0 Å². The molecule has 1 saturated heterocycles. The van der Waals surface area contributed by atoms with E-state index in [1.165, 1.54) is 12.1 Å². The Morgan fingerprint density at radius 2 is 2.10 bits per heavy atom. The Bertz CT molecular complexity index is 438. The number of nitrogens with zero attached hydrogens (tertiary/aromatic N) is 1. The van der Waals surface area contributed by atoms with Gasteiger partial charge in [0.25, 0.3) is 5.91 Å². The van der Waals surface area contributed by atoms with E-state index in [0.29, 0.717) is 6.04 Å². The molecule has 1 aromatic carbocycles. The monoisotopic (exact) mass is 289 g/mol. The molecule has 116 valence electrons. The smallest absolute Gasteiger partial charge is 0.251 e. The van der Waals surface area contributed by atoms with E-state index in [1.54, 1.807) is 0 Å². The molecule has 0 aromatic heterocycles. The molecule has 0 spiro atoms. The van der Waals surface area contributed by atoms with Crippen molar-refractivity contribution in [3.63, 3.8) is 0 Å². The van der Waals surface area contributed by atoms with E-state index >= 15 is 0 Å². The predicted molar refractivity (Wildman–Crippen MR) is 88.0 cm³/mol. The summed E-state index contributed by atoms with van der Waals surface area (Å²) in [5.41, 5.74) is 1.93. The van der Waals surface area contributed by atoms with Crippen molar-refractivity contribution >= 4 is 11.6 Å². The molecular weight excluding hydrogens is 262 g/mol. The summed E-state index contributed by atoms with van der Waals surface area (Å²) in [6, 6.07) is 8.37. The molecule has 21 heavy (non-hydrogen) atoms. The number of carbonyl (C=O) groups is 1. The fraction of sp³-hybridized carbons (Fsp3) is 0.588. The Kier molecular flexibility index (Phi) is 6.05. The van der Waals surface area contributed by atoms with Crippen LogP contribution in [0.15, 0.2) is 24.3 Å². The second-order valence-corrected chi connectivity index (χ2v) is 5.63. The highest BCUT2D eigenvalue weighted by molar-refractivity contribution is 5.94. The van der Waals surface area contributed by atoms with Crippen molar-refractivity contribution in [2.75, 3.05) is 31.1 Å². The van der Waals surface area contributed by atoms with E-state index in [2.05, 4.69) is 29.4 Å². The lowest BCUT2D eigenvalue weighted by atomic mass is 10.1. The molecule has 0 aliphatic carbocycles. The quantitative estimate of drug-likeness (QED) is 0.810. The largest absolute Gasteiger partial charge is 0.372 e. The summed E-state index contributed by atoms with van der Waals surface area (Å²) in [4.78, 5) is 14.4. The molecule has 2 N–H and O–H groups in total. The first-order chi connectivity index (χ1) is 10.2. The third-order valence-electron chi connectivity index (χ3n) is 4.04. The van der Waals surface area contributed by atoms with Crippen LogP contribution in [0, 0.1) is 0 Å². The minimum Gasteiger partial charge on any atom is -0.372 e. The highest BCUT2D eigenvalue weighted by Crippen LogP contribution is 2.15. The van der Waals surface area contributed by atoms with Crippen LogP contribution < -0.4 is 15.5 Å². The molecule has 1 fully saturated rings. The van der Waals surface area contributed by atoms with Gasteiger partial charge >= 0.3 is 0 Å². The van der Waals surface area contributed by atoms with Gasteiger partial charge in [-0.1, -0.05) is 6.92 Å². The van der Waals surface area contributed by atoms with Gasteiger partial charge < -0.3 is 15.5 Å². The predicted octanol–water partition coefficient (Wildman–Crippen LogP) is 2.40. The maximum absolute atomic E-state index is 12.1. The molecule has 1 unspecified atom stereocenters. The van der Waals surface area contributed by atoms with Crippen molar-refractivity contribution < 1.29 is 4.79 Å². The fourth-order valence-electron chi connectivity index (χ4n) is 2.81. The SMILES string of the molecule is CCCN(CC)c1ccc(C(=O)NCC2CCCN2)cc1. The Labute approximate surface area is 127 Å². The molecule has 0 bridgehead atoms. The number of carbonyl (C=O) groups excluding carboxylic acids is 1. The third-order valence-corrected chi connectivity index (χ3v) is 4.04. The van der Waals surface area contributed by atoms with E-state index in [1.807, 2.05) is 24.3 Å². The number of anilines is 1. The number of benzene rings is 1. The van der Waals surface area contributed by atoms with Gasteiger partial charge in [0.1, 0.15) is 0 Å². The summed E-state index contributed by atoms with van der Waals surface area (Å²) in [5, 5.41) is 6.40. The minimum atomic E-state index is 0.0220. The van der Waals surface area contributed by atoms with Crippen LogP contribution >= 0.6 is 0 Å². The van der Waals surface area contributed by atoms with Crippen molar-refractivity contribution in [3.8, 4) is 0 Å². The fourth-order valence-corrected chi connectivity index (χ4v) is 2.81. The van der Waals surface area contributed by atoms with Crippen molar-refractivity contribution in [3.05, 3.63) is 29.8 Å². The first-order valence-electron chi connectivity index (χ1n) is 8.11. The van der Waals surface area contributed by atoms with Gasteiger partial charge in [0.2, 0.25) is 0 Å². The van der Waals surface area contributed by atoms with Crippen LogP contribution in [0.3, 0.4) is 0 Å². The Morgan fingerprint density at radius 1 is 1.33 bits per heavy atom. The lowest BCUT2D eigenvalue weighted by Gasteiger charge is -2.22. The van der Waals surface area contributed by atoms with Gasteiger partial charge in [0.15, 0.2) is 0 Å². The summed E-state index contributed by atoms with van der Waals surface area (Å²) >= 11 is 0. The zero-order valence-electron chi connectivity index (χ0n) is 13.2. The average Bonchev–Trinajstić information content (AvgIpc) is 3.04. The molecular formula is C17H27N3O. The minimum absolute atomic E-state index is 0.0220. The number of rotatable bonds is 7. The van der Waals surface area contributed by atoms with Crippen molar-refractivity contribution in [1.82, 2.24) is 10.6 Å². The number of nitrogens with one attached hydrogen (secondary N) is 2. The van der Waals surface area contributed by atoms with E-state index in [-0.39, 0.29) is 5.91 Å².